The fourth-order valence-corrected chi connectivity index (χ4v) is 1.94. The third kappa shape index (κ3) is 3.85. The molecule has 21 heavy (non-hydrogen) atoms. The number of furan rings is 1. The summed E-state index contributed by atoms with van der Waals surface area (Å²) in [6.45, 7) is 1.67. The molecule has 6 nitrogen and oxygen atoms in total. The highest BCUT2D eigenvalue weighted by atomic mass is 16.4. The first-order chi connectivity index (χ1) is 9.95. The normalized spacial score (nSPS) is 10.3. The van der Waals surface area contributed by atoms with Gasteiger partial charge in [-0.2, -0.15) is 0 Å². The van der Waals surface area contributed by atoms with Crippen LogP contribution in [0.25, 0.3) is 0 Å². The maximum Gasteiger partial charge on any atom is 0.339 e. The number of carbonyl (C=O) groups is 2. The molecule has 0 unspecified atom stereocenters. The van der Waals surface area contributed by atoms with Crippen LogP contribution in [0.2, 0.25) is 0 Å². The number of aromatic hydroxyl groups is 1. The Morgan fingerprint density at radius 1 is 1.29 bits per heavy atom. The van der Waals surface area contributed by atoms with E-state index < -0.39 is 5.97 Å². The number of carbonyl (C=O) groups excluding carboxylic acids is 1. The number of aromatic carboxylic acids is 1. The topological polar surface area (TPSA) is 99.8 Å². The van der Waals surface area contributed by atoms with Crippen LogP contribution in [0.4, 0.5) is 0 Å². The molecule has 0 saturated heterocycles. The molecule has 0 spiro atoms. The van der Waals surface area contributed by atoms with Crippen molar-refractivity contribution in [2.45, 2.75) is 19.9 Å². The van der Waals surface area contributed by atoms with Crippen molar-refractivity contribution in [1.82, 2.24) is 5.32 Å². The van der Waals surface area contributed by atoms with E-state index in [4.69, 9.17) is 9.52 Å². The number of phenols is 1. The number of rotatable bonds is 5. The van der Waals surface area contributed by atoms with Crippen molar-refractivity contribution in [3.63, 3.8) is 0 Å². The number of amides is 1. The molecule has 6 heteroatoms. The van der Waals surface area contributed by atoms with Crippen molar-refractivity contribution >= 4 is 11.9 Å². The number of aryl methyl sites for hydroxylation is 1. The molecule has 0 bridgehead atoms. The van der Waals surface area contributed by atoms with E-state index in [2.05, 4.69) is 5.32 Å². The van der Waals surface area contributed by atoms with Gasteiger partial charge in [0.2, 0.25) is 5.91 Å². The summed E-state index contributed by atoms with van der Waals surface area (Å²) in [6.07, 6.45) is 0.125. The zero-order valence-corrected chi connectivity index (χ0v) is 11.4. The van der Waals surface area contributed by atoms with E-state index in [0.29, 0.717) is 17.1 Å². The summed E-state index contributed by atoms with van der Waals surface area (Å²) >= 11 is 0. The molecule has 0 radical (unpaired) electrons. The van der Waals surface area contributed by atoms with Gasteiger partial charge >= 0.3 is 5.97 Å². The van der Waals surface area contributed by atoms with Gasteiger partial charge in [0.25, 0.3) is 0 Å². The second-order valence-electron chi connectivity index (χ2n) is 4.61. The van der Waals surface area contributed by atoms with Crippen LogP contribution in [0.5, 0.6) is 5.75 Å². The number of hydrogen-bond donors (Lipinski definition) is 3. The summed E-state index contributed by atoms with van der Waals surface area (Å²) in [6, 6.07) is 7.83. The zero-order chi connectivity index (χ0) is 15.4. The summed E-state index contributed by atoms with van der Waals surface area (Å²) in [4.78, 5) is 22.6. The number of carboxylic acid groups (broad SMARTS) is 1. The van der Waals surface area contributed by atoms with E-state index in [1.807, 2.05) is 0 Å². The fraction of sp³-hybridized carbons (Fsp3) is 0.200. The van der Waals surface area contributed by atoms with E-state index in [-0.39, 0.29) is 30.2 Å². The Labute approximate surface area is 121 Å². The highest BCUT2D eigenvalue weighted by Crippen LogP contribution is 2.15. The van der Waals surface area contributed by atoms with Gasteiger partial charge < -0.3 is 19.9 Å². The van der Waals surface area contributed by atoms with Crippen LogP contribution < -0.4 is 5.32 Å². The van der Waals surface area contributed by atoms with Crippen molar-refractivity contribution in [3.05, 3.63) is 53.0 Å². The molecule has 2 aromatic rings. The maximum atomic E-state index is 11.8. The lowest BCUT2D eigenvalue weighted by molar-refractivity contribution is -0.120. The SMILES string of the molecule is Cc1oc(CNC(=O)Cc2cccc(O)c2)cc1C(=O)O. The summed E-state index contributed by atoms with van der Waals surface area (Å²) < 4.78 is 5.26. The Kier molecular flexibility index (Phi) is 4.27. The van der Waals surface area contributed by atoms with Gasteiger partial charge in [0.15, 0.2) is 0 Å². The van der Waals surface area contributed by atoms with Gasteiger partial charge in [-0.1, -0.05) is 12.1 Å². The summed E-state index contributed by atoms with van der Waals surface area (Å²) in [7, 11) is 0. The lowest BCUT2D eigenvalue weighted by atomic mass is 10.1. The van der Waals surface area contributed by atoms with Gasteiger partial charge in [-0.25, -0.2) is 4.79 Å². The lowest BCUT2D eigenvalue weighted by Crippen LogP contribution is -2.24. The summed E-state index contributed by atoms with van der Waals surface area (Å²) in [5, 5.41) is 20.9. The van der Waals surface area contributed by atoms with Gasteiger partial charge in [0, 0.05) is 0 Å². The van der Waals surface area contributed by atoms with Crippen LogP contribution in [0.3, 0.4) is 0 Å². The standard InChI is InChI=1S/C15H15NO5/c1-9-13(15(19)20)7-12(21-9)8-16-14(18)6-10-3-2-4-11(17)5-10/h2-5,7,17H,6,8H2,1H3,(H,16,18)(H,19,20). The minimum Gasteiger partial charge on any atom is -0.508 e. The van der Waals surface area contributed by atoms with Gasteiger partial charge in [-0.05, 0) is 30.7 Å². The van der Waals surface area contributed by atoms with Crippen molar-refractivity contribution < 1.29 is 24.2 Å². The Morgan fingerprint density at radius 2 is 2.05 bits per heavy atom. The summed E-state index contributed by atoms with van der Waals surface area (Å²) in [5.74, 6) is -0.512. The van der Waals surface area contributed by atoms with Crippen LogP contribution in [0.15, 0.2) is 34.7 Å². The highest BCUT2D eigenvalue weighted by molar-refractivity contribution is 5.88. The molecule has 0 fully saturated rings. The van der Waals surface area contributed by atoms with E-state index in [0.717, 1.165) is 0 Å². The molecule has 1 aromatic carbocycles. The van der Waals surface area contributed by atoms with Gasteiger partial charge in [-0.15, -0.1) is 0 Å². The molecule has 0 aliphatic heterocycles. The number of phenolic OH excluding ortho intramolecular Hbond substituents is 1. The molecular weight excluding hydrogens is 274 g/mol. The molecule has 1 amide bonds. The average Bonchev–Trinajstić information content (AvgIpc) is 2.78. The van der Waals surface area contributed by atoms with E-state index in [9.17, 15) is 14.7 Å². The molecule has 0 atom stereocenters. The minimum absolute atomic E-state index is 0.0900. The van der Waals surface area contributed by atoms with Crippen LogP contribution in [0.1, 0.15) is 27.4 Å². The molecule has 110 valence electrons. The second kappa shape index (κ2) is 6.13. The van der Waals surface area contributed by atoms with Crippen LogP contribution in [-0.4, -0.2) is 22.1 Å². The van der Waals surface area contributed by atoms with Crippen molar-refractivity contribution in [2.24, 2.45) is 0 Å². The van der Waals surface area contributed by atoms with Gasteiger partial charge in [0.1, 0.15) is 22.8 Å². The number of hydrogen-bond acceptors (Lipinski definition) is 4. The zero-order valence-electron chi connectivity index (χ0n) is 11.4. The molecule has 2 rings (SSSR count). The predicted octanol–water partition coefficient (Wildman–Crippen LogP) is 1.85. The van der Waals surface area contributed by atoms with E-state index in [1.54, 1.807) is 19.1 Å². The molecule has 0 aliphatic carbocycles. The van der Waals surface area contributed by atoms with Crippen LogP contribution in [-0.2, 0) is 17.8 Å². The molecule has 1 heterocycles. The van der Waals surface area contributed by atoms with E-state index in [1.165, 1.54) is 18.2 Å². The van der Waals surface area contributed by atoms with Crippen LogP contribution in [0, 0.1) is 6.92 Å². The molecular formula is C15H15NO5. The Bertz CT molecular complexity index is 674. The summed E-state index contributed by atoms with van der Waals surface area (Å²) in [5.41, 5.74) is 0.779. The fourth-order valence-electron chi connectivity index (χ4n) is 1.94. The van der Waals surface area contributed by atoms with Crippen molar-refractivity contribution in [1.29, 1.82) is 0 Å². The number of nitrogens with one attached hydrogen (secondary N) is 1. The van der Waals surface area contributed by atoms with Crippen LogP contribution >= 0.6 is 0 Å². The number of benzene rings is 1. The van der Waals surface area contributed by atoms with Crippen molar-refractivity contribution in [3.8, 4) is 5.75 Å². The lowest BCUT2D eigenvalue weighted by Gasteiger charge is -2.04. The Balaban J connectivity index is 1.92. The van der Waals surface area contributed by atoms with Gasteiger partial charge in [0.05, 0.1) is 13.0 Å². The molecule has 3 N–H and O–H groups in total. The quantitative estimate of drug-likeness (QED) is 0.780. The predicted molar refractivity (Wildman–Crippen MR) is 74.1 cm³/mol. The highest BCUT2D eigenvalue weighted by Gasteiger charge is 2.14. The Morgan fingerprint density at radius 3 is 2.67 bits per heavy atom. The minimum atomic E-state index is -1.06. The first kappa shape index (κ1) is 14.6. The van der Waals surface area contributed by atoms with E-state index >= 15 is 0 Å². The first-order valence-corrected chi connectivity index (χ1v) is 6.33. The third-order valence-corrected chi connectivity index (χ3v) is 2.93. The smallest absolute Gasteiger partial charge is 0.339 e. The monoisotopic (exact) mass is 289 g/mol. The van der Waals surface area contributed by atoms with Crippen molar-refractivity contribution in [2.75, 3.05) is 0 Å². The van der Waals surface area contributed by atoms with Gasteiger partial charge in [-0.3, -0.25) is 4.79 Å². The molecule has 1 aromatic heterocycles. The number of carboxylic acids is 1. The first-order valence-electron chi connectivity index (χ1n) is 6.33. The largest absolute Gasteiger partial charge is 0.508 e. The second-order valence-corrected chi connectivity index (χ2v) is 4.61. The maximum absolute atomic E-state index is 11.8. The third-order valence-electron chi connectivity index (χ3n) is 2.93. The molecule has 0 aliphatic rings. The average molecular weight is 289 g/mol. The molecule has 0 saturated carbocycles. The Hall–Kier alpha value is -2.76.